The average Bonchev–Trinajstić information content (AvgIpc) is 2.78. The van der Waals surface area contributed by atoms with E-state index in [2.05, 4.69) is 34.2 Å². The molecule has 2 aromatic heterocycles. The van der Waals surface area contributed by atoms with Crippen LogP contribution in [0.5, 0.6) is 0 Å². The van der Waals surface area contributed by atoms with Crippen molar-refractivity contribution in [1.82, 2.24) is 14.9 Å². The summed E-state index contributed by atoms with van der Waals surface area (Å²) in [5.74, 6) is 0. The van der Waals surface area contributed by atoms with E-state index in [1.54, 1.807) is 11.3 Å². The van der Waals surface area contributed by atoms with Gasteiger partial charge in [0.15, 0.2) is 0 Å². The van der Waals surface area contributed by atoms with Gasteiger partial charge in [-0.15, -0.1) is 11.3 Å². The Bertz CT molecular complexity index is 538. The number of aromatic nitrogens is 2. The van der Waals surface area contributed by atoms with Gasteiger partial charge in [0.2, 0.25) is 0 Å². The van der Waals surface area contributed by atoms with E-state index in [0.29, 0.717) is 6.54 Å². The van der Waals surface area contributed by atoms with Crippen LogP contribution in [0.25, 0.3) is 0 Å². The Balaban J connectivity index is 2.15. The third kappa shape index (κ3) is 3.37. The fourth-order valence-corrected chi connectivity index (χ4v) is 2.82. The maximum Gasteiger partial charge on any atom is 0.0897 e. The lowest BCUT2D eigenvalue weighted by Crippen LogP contribution is -2.31. The molecule has 2 rings (SSSR count). The first-order valence-corrected chi connectivity index (χ1v) is 7.21. The van der Waals surface area contributed by atoms with Crippen molar-refractivity contribution in [2.45, 2.75) is 26.4 Å². The summed E-state index contributed by atoms with van der Waals surface area (Å²) in [6.45, 7) is 5.51. The molecule has 0 aromatic carbocycles. The molecule has 0 bridgehead atoms. The molecule has 19 heavy (non-hydrogen) atoms. The van der Waals surface area contributed by atoms with Crippen molar-refractivity contribution < 1.29 is 0 Å². The first-order valence-electron chi connectivity index (χ1n) is 6.33. The number of rotatable bonds is 5. The van der Waals surface area contributed by atoms with Crippen LogP contribution in [0.15, 0.2) is 23.8 Å². The maximum atomic E-state index is 5.95. The Morgan fingerprint density at radius 3 is 2.79 bits per heavy atom. The molecule has 0 saturated heterocycles. The molecule has 2 heterocycles. The fourth-order valence-electron chi connectivity index (χ4n) is 2.22. The Morgan fingerprint density at radius 1 is 1.42 bits per heavy atom. The standard InChI is InChI=1S/C14H20N4S/c1-10-4-5-16-7-13(10)14(6-15)18(3)8-12-9-19-11(2)17-12/h4-5,7,9,14H,6,8,15H2,1-3H3. The van der Waals surface area contributed by atoms with E-state index in [9.17, 15) is 0 Å². The van der Waals surface area contributed by atoms with Gasteiger partial charge in [-0.3, -0.25) is 9.88 Å². The van der Waals surface area contributed by atoms with E-state index < -0.39 is 0 Å². The van der Waals surface area contributed by atoms with Crippen molar-refractivity contribution in [2.24, 2.45) is 5.73 Å². The van der Waals surface area contributed by atoms with E-state index in [1.807, 2.05) is 25.4 Å². The van der Waals surface area contributed by atoms with E-state index in [0.717, 1.165) is 17.2 Å². The van der Waals surface area contributed by atoms with Gasteiger partial charge >= 0.3 is 0 Å². The number of nitrogens with two attached hydrogens (primary N) is 1. The second kappa shape index (κ2) is 6.23. The van der Waals surface area contributed by atoms with Crippen LogP contribution in [0, 0.1) is 13.8 Å². The number of pyridine rings is 1. The minimum atomic E-state index is 0.177. The topological polar surface area (TPSA) is 55.0 Å². The zero-order valence-corrected chi connectivity index (χ0v) is 12.4. The minimum absolute atomic E-state index is 0.177. The Labute approximate surface area is 118 Å². The molecule has 5 heteroatoms. The second-order valence-electron chi connectivity index (χ2n) is 4.76. The lowest BCUT2D eigenvalue weighted by Gasteiger charge is -2.27. The third-order valence-corrected chi connectivity index (χ3v) is 4.09. The molecule has 0 saturated carbocycles. The lowest BCUT2D eigenvalue weighted by atomic mass is 10.0. The van der Waals surface area contributed by atoms with Crippen LogP contribution in [-0.4, -0.2) is 28.5 Å². The Morgan fingerprint density at radius 2 is 2.21 bits per heavy atom. The van der Waals surface area contributed by atoms with E-state index in [1.165, 1.54) is 11.1 Å². The predicted octanol–water partition coefficient (Wildman–Crippen LogP) is 2.29. The summed E-state index contributed by atoms with van der Waals surface area (Å²) in [5, 5.41) is 3.21. The Kier molecular flexibility index (Phi) is 4.63. The van der Waals surface area contributed by atoms with Gasteiger partial charge in [0, 0.05) is 36.9 Å². The lowest BCUT2D eigenvalue weighted by molar-refractivity contribution is 0.238. The highest BCUT2D eigenvalue weighted by atomic mass is 32.1. The van der Waals surface area contributed by atoms with E-state index >= 15 is 0 Å². The van der Waals surface area contributed by atoms with Gasteiger partial charge < -0.3 is 5.73 Å². The molecule has 0 aliphatic carbocycles. The quantitative estimate of drug-likeness (QED) is 0.910. The second-order valence-corrected chi connectivity index (χ2v) is 5.82. The normalized spacial score (nSPS) is 12.9. The molecule has 0 aliphatic heterocycles. The van der Waals surface area contributed by atoms with Gasteiger partial charge in [-0.25, -0.2) is 4.98 Å². The highest BCUT2D eigenvalue weighted by Crippen LogP contribution is 2.22. The van der Waals surface area contributed by atoms with Crippen LogP contribution in [0.4, 0.5) is 0 Å². The highest BCUT2D eigenvalue weighted by molar-refractivity contribution is 7.09. The molecule has 2 N–H and O–H groups in total. The van der Waals surface area contributed by atoms with Crippen LogP contribution in [0.1, 0.15) is 27.9 Å². The zero-order chi connectivity index (χ0) is 13.8. The van der Waals surface area contributed by atoms with E-state index in [4.69, 9.17) is 5.73 Å². The van der Waals surface area contributed by atoms with Gasteiger partial charge in [-0.1, -0.05) is 0 Å². The molecule has 0 amide bonds. The molecule has 0 aliphatic rings. The monoisotopic (exact) mass is 276 g/mol. The largest absolute Gasteiger partial charge is 0.329 e. The summed E-state index contributed by atoms with van der Waals surface area (Å²) in [5.41, 5.74) is 9.47. The zero-order valence-electron chi connectivity index (χ0n) is 11.6. The smallest absolute Gasteiger partial charge is 0.0897 e. The van der Waals surface area contributed by atoms with Crippen LogP contribution >= 0.6 is 11.3 Å². The summed E-state index contributed by atoms with van der Waals surface area (Å²) >= 11 is 1.68. The van der Waals surface area contributed by atoms with Gasteiger partial charge in [0.1, 0.15) is 0 Å². The Hall–Kier alpha value is -1.30. The number of aryl methyl sites for hydroxylation is 2. The van der Waals surface area contributed by atoms with Crippen molar-refractivity contribution in [3.05, 3.63) is 45.7 Å². The van der Waals surface area contributed by atoms with Gasteiger partial charge in [-0.2, -0.15) is 0 Å². The summed E-state index contributed by atoms with van der Waals surface area (Å²) in [7, 11) is 2.08. The molecular formula is C14H20N4S. The molecular weight excluding hydrogens is 256 g/mol. The maximum absolute atomic E-state index is 5.95. The molecule has 2 aromatic rings. The van der Waals surface area contributed by atoms with Crippen LogP contribution in [0.3, 0.4) is 0 Å². The number of nitrogens with zero attached hydrogens (tertiary/aromatic N) is 3. The summed E-state index contributed by atoms with van der Waals surface area (Å²) in [6.07, 6.45) is 3.73. The number of hydrogen-bond acceptors (Lipinski definition) is 5. The van der Waals surface area contributed by atoms with Gasteiger partial charge in [0.05, 0.1) is 10.7 Å². The number of likely N-dealkylation sites (N-methyl/N-ethyl adjacent to an activating group) is 1. The van der Waals surface area contributed by atoms with E-state index in [-0.39, 0.29) is 6.04 Å². The van der Waals surface area contributed by atoms with Crippen LogP contribution < -0.4 is 5.73 Å². The molecule has 102 valence electrons. The van der Waals surface area contributed by atoms with Gasteiger partial charge in [0.25, 0.3) is 0 Å². The van der Waals surface area contributed by atoms with Crippen LogP contribution in [0.2, 0.25) is 0 Å². The fraction of sp³-hybridized carbons (Fsp3) is 0.429. The van der Waals surface area contributed by atoms with Crippen molar-refractivity contribution in [2.75, 3.05) is 13.6 Å². The van der Waals surface area contributed by atoms with Crippen molar-refractivity contribution in [1.29, 1.82) is 0 Å². The SMILES string of the molecule is Cc1nc(CN(C)C(CN)c2cnccc2C)cs1. The van der Waals surface area contributed by atoms with Crippen molar-refractivity contribution in [3.8, 4) is 0 Å². The van der Waals surface area contributed by atoms with Gasteiger partial charge in [-0.05, 0) is 38.1 Å². The molecule has 1 atom stereocenters. The molecule has 0 spiro atoms. The number of thiazole rings is 1. The van der Waals surface area contributed by atoms with Crippen molar-refractivity contribution in [3.63, 3.8) is 0 Å². The molecule has 0 fully saturated rings. The summed E-state index contributed by atoms with van der Waals surface area (Å²) < 4.78 is 0. The highest BCUT2D eigenvalue weighted by Gasteiger charge is 2.18. The first-order chi connectivity index (χ1) is 9.11. The average molecular weight is 276 g/mol. The van der Waals surface area contributed by atoms with Crippen molar-refractivity contribution >= 4 is 11.3 Å². The summed E-state index contributed by atoms with van der Waals surface area (Å²) in [6, 6.07) is 2.20. The first kappa shape index (κ1) is 14.1. The third-order valence-electron chi connectivity index (χ3n) is 3.27. The molecule has 1 unspecified atom stereocenters. The number of hydrogen-bond donors (Lipinski definition) is 1. The molecule has 0 radical (unpaired) electrons. The van der Waals surface area contributed by atoms with Crippen LogP contribution in [-0.2, 0) is 6.54 Å². The summed E-state index contributed by atoms with van der Waals surface area (Å²) in [4.78, 5) is 11.0. The minimum Gasteiger partial charge on any atom is -0.329 e. The predicted molar refractivity (Wildman–Crippen MR) is 79.1 cm³/mol. The molecule has 4 nitrogen and oxygen atoms in total.